The monoisotopic (exact) mass is 323 g/mol. The van der Waals surface area contributed by atoms with Gasteiger partial charge >= 0.3 is 0 Å². The highest BCUT2D eigenvalue weighted by atomic mass is 16.5. The van der Waals surface area contributed by atoms with Crippen LogP contribution in [0.4, 0.5) is 5.69 Å². The van der Waals surface area contributed by atoms with Gasteiger partial charge in [0.25, 0.3) is 0 Å². The molecule has 1 N–H and O–H groups in total. The molecule has 0 aromatic heterocycles. The van der Waals surface area contributed by atoms with Crippen molar-refractivity contribution in [1.29, 1.82) is 0 Å². The summed E-state index contributed by atoms with van der Waals surface area (Å²) in [7, 11) is 0. The van der Waals surface area contributed by atoms with Crippen LogP contribution in [0.1, 0.15) is 48.6 Å². The Bertz CT molecular complexity index is 710. The minimum atomic E-state index is 0.200. The molecular formula is C21H25NO2. The maximum Gasteiger partial charge on any atom is 0.119 e. The second-order valence-corrected chi connectivity index (χ2v) is 6.81. The molecule has 2 aromatic carbocycles. The van der Waals surface area contributed by atoms with E-state index in [4.69, 9.17) is 9.47 Å². The third kappa shape index (κ3) is 2.78. The summed E-state index contributed by atoms with van der Waals surface area (Å²) in [6, 6.07) is 15.5. The van der Waals surface area contributed by atoms with E-state index in [9.17, 15) is 0 Å². The predicted octanol–water partition coefficient (Wildman–Crippen LogP) is 5.03. The topological polar surface area (TPSA) is 30.5 Å². The first-order valence-electron chi connectivity index (χ1n) is 8.97. The van der Waals surface area contributed by atoms with Crippen LogP contribution in [0.2, 0.25) is 0 Å². The first kappa shape index (κ1) is 15.5. The van der Waals surface area contributed by atoms with E-state index in [2.05, 4.69) is 54.7 Å². The van der Waals surface area contributed by atoms with Gasteiger partial charge in [0.15, 0.2) is 0 Å². The third-order valence-electron chi connectivity index (χ3n) is 5.17. The Labute approximate surface area is 144 Å². The highest BCUT2D eigenvalue weighted by molar-refractivity contribution is 5.58. The lowest BCUT2D eigenvalue weighted by Gasteiger charge is -2.43. The smallest absolute Gasteiger partial charge is 0.119 e. The fraction of sp³-hybridized carbons (Fsp3) is 0.429. The highest BCUT2D eigenvalue weighted by Crippen LogP contribution is 2.49. The van der Waals surface area contributed by atoms with Crippen molar-refractivity contribution in [3.8, 4) is 5.75 Å². The molecule has 0 amide bonds. The summed E-state index contributed by atoms with van der Waals surface area (Å²) in [4.78, 5) is 0. The zero-order chi connectivity index (χ0) is 16.5. The SMILES string of the molecule is CCOc1ccc(C2Nc3ccc(C)cc3[C@H]3OCCC[C@@H]23)cc1. The van der Waals surface area contributed by atoms with E-state index >= 15 is 0 Å². The molecular weight excluding hydrogens is 298 g/mol. The van der Waals surface area contributed by atoms with Gasteiger partial charge in [-0.05, 0) is 50.5 Å². The van der Waals surface area contributed by atoms with Crippen LogP contribution < -0.4 is 10.1 Å². The predicted molar refractivity (Wildman–Crippen MR) is 96.6 cm³/mol. The Morgan fingerprint density at radius 2 is 2.00 bits per heavy atom. The molecule has 3 atom stereocenters. The van der Waals surface area contributed by atoms with Gasteiger partial charge in [-0.3, -0.25) is 0 Å². The summed E-state index contributed by atoms with van der Waals surface area (Å²) in [6.07, 6.45) is 2.53. The Balaban J connectivity index is 1.69. The van der Waals surface area contributed by atoms with E-state index < -0.39 is 0 Å². The maximum absolute atomic E-state index is 6.21. The molecule has 0 spiro atoms. The quantitative estimate of drug-likeness (QED) is 0.859. The first-order chi connectivity index (χ1) is 11.8. The van der Waals surface area contributed by atoms with E-state index in [1.807, 2.05) is 6.92 Å². The number of ether oxygens (including phenoxy) is 2. The molecule has 0 bridgehead atoms. The summed E-state index contributed by atoms with van der Waals surface area (Å²) < 4.78 is 11.8. The lowest BCUT2D eigenvalue weighted by molar-refractivity contribution is -0.0381. The molecule has 1 unspecified atom stereocenters. The number of benzene rings is 2. The van der Waals surface area contributed by atoms with E-state index in [0.717, 1.165) is 18.8 Å². The fourth-order valence-electron chi connectivity index (χ4n) is 4.06. The second-order valence-electron chi connectivity index (χ2n) is 6.81. The van der Waals surface area contributed by atoms with Crippen LogP contribution in [0, 0.1) is 12.8 Å². The first-order valence-corrected chi connectivity index (χ1v) is 8.97. The van der Waals surface area contributed by atoms with Gasteiger partial charge in [0.05, 0.1) is 18.8 Å². The average molecular weight is 323 g/mol. The average Bonchev–Trinajstić information content (AvgIpc) is 2.62. The van der Waals surface area contributed by atoms with Gasteiger partial charge in [0.1, 0.15) is 5.75 Å². The number of rotatable bonds is 3. The molecule has 2 aromatic rings. The number of anilines is 1. The van der Waals surface area contributed by atoms with Crippen LogP contribution in [0.15, 0.2) is 42.5 Å². The van der Waals surface area contributed by atoms with Crippen LogP contribution in [-0.4, -0.2) is 13.2 Å². The molecule has 0 saturated carbocycles. The zero-order valence-corrected chi connectivity index (χ0v) is 14.4. The van der Waals surface area contributed by atoms with Gasteiger partial charge in [-0.1, -0.05) is 29.8 Å². The van der Waals surface area contributed by atoms with Crippen molar-refractivity contribution in [1.82, 2.24) is 0 Å². The molecule has 126 valence electrons. The maximum atomic E-state index is 6.21. The lowest BCUT2D eigenvalue weighted by atomic mass is 9.77. The third-order valence-corrected chi connectivity index (χ3v) is 5.17. The van der Waals surface area contributed by atoms with Crippen LogP contribution in [0.3, 0.4) is 0 Å². The Morgan fingerprint density at radius 3 is 2.79 bits per heavy atom. The number of nitrogens with one attached hydrogen (secondary N) is 1. The molecule has 4 rings (SSSR count). The second kappa shape index (κ2) is 6.48. The fourth-order valence-corrected chi connectivity index (χ4v) is 4.06. The van der Waals surface area contributed by atoms with Crippen molar-refractivity contribution >= 4 is 5.69 Å². The molecule has 2 aliphatic heterocycles. The van der Waals surface area contributed by atoms with Crippen molar-refractivity contribution in [3.05, 3.63) is 59.2 Å². The molecule has 1 fully saturated rings. The number of hydrogen-bond acceptors (Lipinski definition) is 3. The number of aryl methyl sites for hydroxylation is 1. The standard InChI is InChI=1S/C21H25NO2/c1-3-23-16-9-7-15(8-10-16)20-17-5-4-12-24-21(17)18-13-14(2)6-11-19(18)22-20/h6-11,13,17,20-22H,3-5,12H2,1-2H3/t17-,20?,21-/m0/s1. The lowest BCUT2D eigenvalue weighted by Crippen LogP contribution is -2.36. The molecule has 3 heteroatoms. The minimum Gasteiger partial charge on any atom is -0.494 e. The van der Waals surface area contributed by atoms with Gasteiger partial charge in [-0.2, -0.15) is 0 Å². The minimum absolute atomic E-state index is 0.200. The Hall–Kier alpha value is -2.00. The Morgan fingerprint density at radius 1 is 1.17 bits per heavy atom. The molecule has 1 saturated heterocycles. The summed E-state index contributed by atoms with van der Waals surface area (Å²) in [5, 5.41) is 3.77. The summed E-state index contributed by atoms with van der Waals surface area (Å²) in [5.74, 6) is 1.41. The van der Waals surface area contributed by atoms with Crippen LogP contribution in [-0.2, 0) is 4.74 Å². The van der Waals surface area contributed by atoms with Crippen molar-refractivity contribution in [2.45, 2.75) is 38.8 Å². The number of hydrogen-bond donors (Lipinski definition) is 1. The molecule has 2 aliphatic rings. The Kier molecular flexibility index (Phi) is 4.19. The van der Waals surface area contributed by atoms with Crippen molar-refractivity contribution in [3.63, 3.8) is 0 Å². The van der Waals surface area contributed by atoms with Gasteiger partial charge in [-0.15, -0.1) is 0 Å². The van der Waals surface area contributed by atoms with Crippen LogP contribution in [0.5, 0.6) is 5.75 Å². The highest BCUT2D eigenvalue weighted by Gasteiger charge is 2.39. The van der Waals surface area contributed by atoms with Gasteiger partial charge in [0, 0.05) is 23.8 Å². The van der Waals surface area contributed by atoms with Crippen LogP contribution in [0.25, 0.3) is 0 Å². The van der Waals surface area contributed by atoms with E-state index in [1.54, 1.807) is 0 Å². The molecule has 0 aliphatic carbocycles. The van der Waals surface area contributed by atoms with E-state index in [0.29, 0.717) is 18.6 Å². The zero-order valence-electron chi connectivity index (χ0n) is 14.4. The van der Waals surface area contributed by atoms with Crippen molar-refractivity contribution < 1.29 is 9.47 Å². The summed E-state index contributed by atoms with van der Waals surface area (Å²) in [6.45, 7) is 5.73. The summed E-state index contributed by atoms with van der Waals surface area (Å²) >= 11 is 0. The summed E-state index contributed by atoms with van der Waals surface area (Å²) in [5.41, 5.74) is 5.14. The molecule has 2 heterocycles. The van der Waals surface area contributed by atoms with Crippen molar-refractivity contribution in [2.24, 2.45) is 5.92 Å². The molecule has 0 radical (unpaired) electrons. The van der Waals surface area contributed by atoms with Crippen LogP contribution >= 0.6 is 0 Å². The van der Waals surface area contributed by atoms with Gasteiger partial charge < -0.3 is 14.8 Å². The number of fused-ring (bicyclic) bond motifs is 3. The largest absolute Gasteiger partial charge is 0.494 e. The van der Waals surface area contributed by atoms with Crippen molar-refractivity contribution in [2.75, 3.05) is 18.5 Å². The van der Waals surface area contributed by atoms with Gasteiger partial charge in [0.2, 0.25) is 0 Å². The van der Waals surface area contributed by atoms with E-state index in [-0.39, 0.29) is 6.10 Å². The molecule has 3 nitrogen and oxygen atoms in total. The molecule has 24 heavy (non-hydrogen) atoms. The van der Waals surface area contributed by atoms with Gasteiger partial charge in [-0.25, -0.2) is 0 Å². The normalized spacial score (nSPS) is 25.3. The van der Waals surface area contributed by atoms with E-state index in [1.165, 1.54) is 28.8 Å².